The minimum absolute atomic E-state index is 0.903. The van der Waals surface area contributed by atoms with Crippen molar-refractivity contribution in [2.24, 2.45) is 0 Å². The number of hydrogen-bond donors (Lipinski definition) is 2. The molecule has 0 spiro atoms. The lowest BCUT2D eigenvalue weighted by Gasteiger charge is -2.10. The Labute approximate surface area is 114 Å². The number of benzene rings is 1. The van der Waals surface area contributed by atoms with Crippen LogP contribution in [0, 0.1) is 11.8 Å². The van der Waals surface area contributed by atoms with E-state index in [4.69, 9.17) is 0 Å². The van der Waals surface area contributed by atoms with Crippen LogP contribution in [0.15, 0.2) is 18.2 Å². The van der Waals surface area contributed by atoms with Crippen molar-refractivity contribution in [2.45, 2.75) is 32.1 Å². The van der Waals surface area contributed by atoms with Gasteiger partial charge in [0, 0.05) is 35.1 Å². The minimum Gasteiger partial charge on any atom is -0.358 e. The van der Waals surface area contributed by atoms with E-state index in [0.29, 0.717) is 0 Å². The van der Waals surface area contributed by atoms with Crippen LogP contribution in [0.5, 0.6) is 0 Å². The van der Waals surface area contributed by atoms with Crippen molar-refractivity contribution in [1.29, 1.82) is 0 Å². The summed E-state index contributed by atoms with van der Waals surface area (Å²) in [6.45, 7) is 0.953. The molecule has 19 heavy (non-hydrogen) atoms. The molecule has 2 heteroatoms. The molecule has 0 saturated heterocycles. The van der Waals surface area contributed by atoms with Gasteiger partial charge in [0.15, 0.2) is 0 Å². The molecule has 0 radical (unpaired) electrons. The SMILES string of the molecule is CNCCC#Cc1ccc2[nH]c3c(c2c1)CCCC3. The molecule has 2 aromatic rings. The first-order chi connectivity index (χ1) is 9.38. The first-order valence-corrected chi connectivity index (χ1v) is 7.15. The summed E-state index contributed by atoms with van der Waals surface area (Å²) in [5.41, 5.74) is 5.38. The zero-order valence-corrected chi connectivity index (χ0v) is 11.5. The van der Waals surface area contributed by atoms with Crippen LogP contribution in [-0.2, 0) is 12.8 Å². The van der Waals surface area contributed by atoms with Crippen LogP contribution in [0.25, 0.3) is 10.9 Å². The molecule has 1 aliphatic carbocycles. The molecule has 1 aromatic carbocycles. The van der Waals surface area contributed by atoms with Gasteiger partial charge in [0.25, 0.3) is 0 Å². The van der Waals surface area contributed by atoms with Crippen LogP contribution < -0.4 is 5.32 Å². The maximum Gasteiger partial charge on any atom is 0.0459 e. The fraction of sp³-hybridized carbons (Fsp3) is 0.412. The Morgan fingerprint density at radius 3 is 3.05 bits per heavy atom. The van der Waals surface area contributed by atoms with Crippen molar-refractivity contribution < 1.29 is 0 Å². The number of aromatic amines is 1. The summed E-state index contributed by atoms with van der Waals surface area (Å²) >= 11 is 0. The summed E-state index contributed by atoms with van der Waals surface area (Å²) in [5.74, 6) is 6.48. The summed E-state index contributed by atoms with van der Waals surface area (Å²) in [6, 6.07) is 6.55. The van der Waals surface area contributed by atoms with Crippen LogP contribution in [0.4, 0.5) is 0 Å². The molecule has 1 aliphatic rings. The van der Waals surface area contributed by atoms with Gasteiger partial charge in [-0.1, -0.05) is 11.8 Å². The van der Waals surface area contributed by atoms with Crippen LogP contribution in [0.1, 0.15) is 36.1 Å². The second kappa shape index (κ2) is 5.50. The van der Waals surface area contributed by atoms with Gasteiger partial charge in [-0.2, -0.15) is 0 Å². The van der Waals surface area contributed by atoms with E-state index in [1.807, 2.05) is 7.05 Å². The normalized spacial score (nSPS) is 13.9. The quantitative estimate of drug-likeness (QED) is 0.624. The molecule has 0 saturated carbocycles. The van der Waals surface area contributed by atoms with E-state index >= 15 is 0 Å². The first-order valence-electron chi connectivity index (χ1n) is 7.15. The van der Waals surface area contributed by atoms with E-state index in [1.165, 1.54) is 47.8 Å². The minimum atomic E-state index is 0.903. The highest BCUT2D eigenvalue weighted by Crippen LogP contribution is 2.29. The predicted molar refractivity (Wildman–Crippen MR) is 80.4 cm³/mol. The van der Waals surface area contributed by atoms with Gasteiger partial charge in [0.2, 0.25) is 0 Å². The molecular weight excluding hydrogens is 232 g/mol. The number of fused-ring (bicyclic) bond motifs is 3. The average molecular weight is 252 g/mol. The molecule has 2 nitrogen and oxygen atoms in total. The summed E-state index contributed by atoms with van der Waals surface area (Å²) < 4.78 is 0. The van der Waals surface area contributed by atoms with Gasteiger partial charge in [0.1, 0.15) is 0 Å². The van der Waals surface area contributed by atoms with E-state index < -0.39 is 0 Å². The van der Waals surface area contributed by atoms with Gasteiger partial charge in [0.05, 0.1) is 0 Å². The van der Waals surface area contributed by atoms with Crippen LogP contribution >= 0.6 is 0 Å². The third-order valence-electron chi connectivity index (χ3n) is 3.83. The molecule has 0 bridgehead atoms. The van der Waals surface area contributed by atoms with Gasteiger partial charge in [-0.05, 0) is 56.5 Å². The lowest BCUT2D eigenvalue weighted by Crippen LogP contribution is -2.05. The molecule has 0 aliphatic heterocycles. The zero-order valence-electron chi connectivity index (χ0n) is 11.5. The fourth-order valence-corrected chi connectivity index (χ4v) is 2.84. The van der Waals surface area contributed by atoms with Crippen LogP contribution in [-0.4, -0.2) is 18.6 Å². The number of H-pyrrole nitrogens is 1. The Morgan fingerprint density at radius 2 is 2.16 bits per heavy atom. The summed E-state index contributed by atoms with van der Waals surface area (Å²) in [7, 11) is 1.96. The molecule has 0 amide bonds. The molecule has 2 N–H and O–H groups in total. The number of aryl methyl sites for hydroxylation is 2. The van der Waals surface area contributed by atoms with Crippen LogP contribution in [0.2, 0.25) is 0 Å². The van der Waals surface area contributed by atoms with Gasteiger partial charge < -0.3 is 10.3 Å². The predicted octanol–water partition coefficient (Wildman–Crippen LogP) is 3.01. The van der Waals surface area contributed by atoms with Crippen molar-refractivity contribution in [3.63, 3.8) is 0 Å². The summed E-state index contributed by atoms with van der Waals surface area (Å²) in [5, 5.41) is 4.50. The maximum absolute atomic E-state index is 3.56. The fourth-order valence-electron chi connectivity index (χ4n) is 2.84. The number of hydrogen-bond acceptors (Lipinski definition) is 1. The van der Waals surface area contributed by atoms with Gasteiger partial charge in [-0.15, -0.1) is 0 Å². The standard InChI is InChI=1S/C17H20N2/c1-18-11-5-4-6-13-9-10-17-15(12-13)14-7-2-3-8-16(14)19-17/h9-10,12,18-19H,2-3,5,7-8,11H2,1H3. The average Bonchev–Trinajstić information content (AvgIpc) is 2.82. The number of nitrogens with one attached hydrogen (secondary N) is 2. The first kappa shape index (κ1) is 12.3. The highest BCUT2D eigenvalue weighted by Gasteiger charge is 2.14. The molecule has 0 fully saturated rings. The highest BCUT2D eigenvalue weighted by molar-refractivity contribution is 5.86. The van der Waals surface area contributed by atoms with E-state index in [0.717, 1.165) is 18.5 Å². The largest absolute Gasteiger partial charge is 0.358 e. The van der Waals surface area contributed by atoms with E-state index in [9.17, 15) is 0 Å². The third kappa shape index (κ3) is 2.52. The van der Waals surface area contributed by atoms with E-state index in [1.54, 1.807) is 0 Å². The van der Waals surface area contributed by atoms with Gasteiger partial charge in [-0.3, -0.25) is 0 Å². The maximum atomic E-state index is 3.56. The lowest BCUT2D eigenvalue weighted by atomic mass is 9.95. The Kier molecular flexibility index (Phi) is 3.57. The van der Waals surface area contributed by atoms with Gasteiger partial charge in [-0.25, -0.2) is 0 Å². The van der Waals surface area contributed by atoms with E-state index in [2.05, 4.69) is 40.3 Å². The van der Waals surface area contributed by atoms with Crippen molar-refractivity contribution in [3.8, 4) is 11.8 Å². The Bertz CT molecular complexity index is 640. The Morgan fingerprint density at radius 1 is 1.26 bits per heavy atom. The second-order valence-corrected chi connectivity index (χ2v) is 5.20. The molecule has 1 aromatic heterocycles. The summed E-state index contributed by atoms with van der Waals surface area (Å²) in [6.07, 6.45) is 5.95. The monoisotopic (exact) mass is 252 g/mol. The molecule has 98 valence electrons. The Balaban J connectivity index is 1.93. The van der Waals surface area contributed by atoms with Crippen molar-refractivity contribution in [2.75, 3.05) is 13.6 Å². The lowest BCUT2D eigenvalue weighted by molar-refractivity contribution is 0.680. The number of aromatic nitrogens is 1. The highest BCUT2D eigenvalue weighted by atomic mass is 14.8. The number of rotatable bonds is 2. The molecule has 3 rings (SSSR count). The van der Waals surface area contributed by atoms with E-state index in [-0.39, 0.29) is 0 Å². The van der Waals surface area contributed by atoms with Crippen LogP contribution in [0.3, 0.4) is 0 Å². The molecular formula is C17H20N2. The van der Waals surface area contributed by atoms with Crippen molar-refractivity contribution in [1.82, 2.24) is 10.3 Å². The van der Waals surface area contributed by atoms with Crippen molar-refractivity contribution >= 4 is 10.9 Å². The zero-order chi connectivity index (χ0) is 13.1. The summed E-state index contributed by atoms with van der Waals surface area (Å²) in [4.78, 5) is 3.56. The smallest absolute Gasteiger partial charge is 0.0459 e. The third-order valence-corrected chi connectivity index (χ3v) is 3.83. The molecule has 0 unspecified atom stereocenters. The Hall–Kier alpha value is -1.72. The van der Waals surface area contributed by atoms with Gasteiger partial charge >= 0.3 is 0 Å². The topological polar surface area (TPSA) is 27.8 Å². The molecule has 0 atom stereocenters. The second-order valence-electron chi connectivity index (χ2n) is 5.20. The molecule has 1 heterocycles. The van der Waals surface area contributed by atoms with Crippen molar-refractivity contribution in [3.05, 3.63) is 35.0 Å².